The highest BCUT2D eigenvalue weighted by Crippen LogP contribution is 2.29. The number of benzene rings is 1. The van der Waals surface area contributed by atoms with Gasteiger partial charge in [-0.25, -0.2) is 8.42 Å². The van der Waals surface area contributed by atoms with E-state index in [0.717, 1.165) is 39.1 Å². The first-order valence-electron chi connectivity index (χ1n) is 11.3. The van der Waals surface area contributed by atoms with Gasteiger partial charge < -0.3 is 19.1 Å². The lowest BCUT2D eigenvalue weighted by atomic mass is 10.1. The second-order valence-corrected chi connectivity index (χ2v) is 10.4. The van der Waals surface area contributed by atoms with Crippen LogP contribution in [0.4, 0.5) is 0 Å². The second kappa shape index (κ2) is 10.5. The molecule has 3 fully saturated rings. The van der Waals surface area contributed by atoms with E-state index < -0.39 is 10.0 Å². The Bertz CT molecular complexity index is 889. The topological polar surface area (TPSA) is 88.6 Å². The van der Waals surface area contributed by atoms with Gasteiger partial charge in [0, 0.05) is 52.4 Å². The van der Waals surface area contributed by atoms with Crippen LogP contribution in [0, 0.1) is 0 Å². The van der Waals surface area contributed by atoms with E-state index in [1.165, 1.54) is 11.4 Å². The molecule has 3 saturated heterocycles. The Kier molecular flexibility index (Phi) is 7.67. The largest absolute Gasteiger partial charge is 0.495 e. The van der Waals surface area contributed by atoms with Crippen molar-refractivity contribution in [3.8, 4) is 5.75 Å². The van der Waals surface area contributed by atoms with Gasteiger partial charge in [0.15, 0.2) is 0 Å². The van der Waals surface area contributed by atoms with Crippen molar-refractivity contribution in [2.45, 2.75) is 30.3 Å². The molecule has 0 bridgehead atoms. The predicted octanol–water partition coefficient (Wildman–Crippen LogP) is 0.582. The van der Waals surface area contributed by atoms with Crippen molar-refractivity contribution in [1.29, 1.82) is 0 Å². The molecule has 4 rings (SSSR count). The number of ether oxygens (including phenoxy) is 3. The molecule has 1 amide bonds. The van der Waals surface area contributed by atoms with Crippen LogP contribution in [0.2, 0.25) is 0 Å². The zero-order valence-corrected chi connectivity index (χ0v) is 19.5. The minimum Gasteiger partial charge on any atom is -0.495 e. The number of piperazine rings is 1. The number of carbonyl (C=O) groups is 1. The summed E-state index contributed by atoms with van der Waals surface area (Å²) in [5.74, 6) is 0.303. The molecule has 1 aromatic rings. The molecule has 0 N–H and O–H groups in total. The van der Waals surface area contributed by atoms with Crippen LogP contribution in [0.25, 0.3) is 0 Å². The summed E-state index contributed by atoms with van der Waals surface area (Å²) in [4.78, 5) is 17.2. The number of hydrogen-bond donors (Lipinski definition) is 0. The molecule has 3 heterocycles. The molecule has 32 heavy (non-hydrogen) atoms. The smallest absolute Gasteiger partial charge is 0.246 e. The Morgan fingerprint density at radius 1 is 1.09 bits per heavy atom. The highest BCUT2D eigenvalue weighted by Gasteiger charge is 2.30. The van der Waals surface area contributed by atoms with E-state index in [0.29, 0.717) is 51.1 Å². The Morgan fingerprint density at radius 2 is 1.84 bits per heavy atom. The SMILES string of the molecule is COc1ccc(CC(=O)N2CCN(CC3CCCO3)CC2)cc1S(=O)(=O)N1CCOCC1. The van der Waals surface area contributed by atoms with Crippen molar-refractivity contribution in [3.05, 3.63) is 23.8 Å². The Morgan fingerprint density at radius 3 is 2.50 bits per heavy atom. The molecule has 0 saturated carbocycles. The van der Waals surface area contributed by atoms with E-state index in [-0.39, 0.29) is 23.0 Å². The van der Waals surface area contributed by atoms with Crippen molar-refractivity contribution in [2.75, 3.05) is 72.7 Å². The third kappa shape index (κ3) is 5.43. The molecule has 9 nitrogen and oxygen atoms in total. The zero-order chi connectivity index (χ0) is 22.6. The van der Waals surface area contributed by atoms with Crippen molar-refractivity contribution >= 4 is 15.9 Å². The summed E-state index contributed by atoms with van der Waals surface area (Å²) in [6.07, 6.45) is 2.74. The number of rotatable bonds is 7. The second-order valence-electron chi connectivity index (χ2n) is 8.49. The Hall–Kier alpha value is -1.72. The first-order chi connectivity index (χ1) is 15.5. The third-order valence-corrected chi connectivity index (χ3v) is 8.30. The van der Waals surface area contributed by atoms with Gasteiger partial charge in [0.05, 0.1) is 32.8 Å². The van der Waals surface area contributed by atoms with E-state index in [2.05, 4.69) is 4.90 Å². The lowest BCUT2D eigenvalue weighted by molar-refractivity contribution is -0.132. The van der Waals surface area contributed by atoms with E-state index in [1.807, 2.05) is 4.90 Å². The average Bonchev–Trinajstić information content (AvgIpc) is 3.33. The summed E-state index contributed by atoms with van der Waals surface area (Å²) in [6, 6.07) is 4.98. The minimum absolute atomic E-state index is 0.0154. The first kappa shape index (κ1) is 23.4. The molecule has 3 aliphatic rings. The molecule has 0 aromatic heterocycles. The zero-order valence-electron chi connectivity index (χ0n) is 18.7. The van der Waals surface area contributed by atoms with Gasteiger partial charge in [-0.1, -0.05) is 6.07 Å². The molecule has 0 spiro atoms. The number of methoxy groups -OCH3 is 1. The van der Waals surface area contributed by atoms with E-state index in [4.69, 9.17) is 14.2 Å². The minimum atomic E-state index is -3.72. The number of hydrogen-bond acceptors (Lipinski definition) is 7. The molecule has 1 unspecified atom stereocenters. The molecule has 0 radical (unpaired) electrons. The van der Waals surface area contributed by atoms with Crippen LogP contribution < -0.4 is 4.74 Å². The maximum atomic E-state index is 13.2. The van der Waals surface area contributed by atoms with Crippen LogP contribution in [-0.2, 0) is 30.7 Å². The monoisotopic (exact) mass is 467 g/mol. The van der Waals surface area contributed by atoms with E-state index >= 15 is 0 Å². The summed E-state index contributed by atoms with van der Waals surface area (Å²) in [7, 11) is -2.27. The maximum absolute atomic E-state index is 13.2. The van der Waals surface area contributed by atoms with Crippen LogP contribution in [0.3, 0.4) is 0 Å². The molecular weight excluding hydrogens is 434 g/mol. The highest BCUT2D eigenvalue weighted by molar-refractivity contribution is 7.89. The van der Waals surface area contributed by atoms with Gasteiger partial charge in [0.2, 0.25) is 15.9 Å². The number of morpholine rings is 1. The van der Waals surface area contributed by atoms with Crippen LogP contribution in [0.5, 0.6) is 5.75 Å². The van der Waals surface area contributed by atoms with Crippen molar-refractivity contribution in [1.82, 2.24) is 14.1 Å². The molecule has 178 valence electrons. The van der Waals surface area contributed by atoms with Gasteiger partial charge in [-0.3, -0.25) is 9.69 Å². The van der Waals surface area contributed by atoms with Crippen LogP contribution in [0.15, 0.2) is 23.1 Å². The number of nitrogens with zero attached hydrogens (tertiary/aromatic N) is 3. The Labute approximate surface area is 190 Å². The van der Waals surface area contributed by atoms with Crippen molar-refractivity contribution in [2.24, 2.45) is 0 Å². The average molecular weight is 468 g/mol. The molecule has 1 aromatic carbocycles. The quantitative estimate of drug-likeness (QED) is 0.580. The normalized spacial score (nSPS) is 23.4. The predicted molar refractivity (Wildman–Crippen MR) is 118 cm³/mol. The maximum Gasteiger partial charge on any atom is 0.246 e. The molecule has 10 heteroatoms. The van der Waals surface area contributed by atoms with Gasteiger partial charge in [-0.15, -0.1) is 0 Å². The van der Waals surface area contributed by atoms with Crippen LogP contribution in [-0.4, -0.2) is 107 Å². The fourth-order valence-corrected chi connectivity index (χ4v) is 6.12. The number of carbonyl (C=O) groups excluding carboxylic acids is 1. The Balaban J connectivity index is 1.38. The van der Waals surface area contributed by atoms with Gasteiger partial charge >= 0.3 is 0 Å². The number of amides is 1. The summed E-state index contributed by atoms with van der Waals surface area (Å²) in [5.41, 5.74) is 0.671. The summed E-state index contributed by atoms with van der Waals surface area (Å²) >= 11 is 0. The molecule has 0 aliphatic carbocycles. The lowest BCUT2D eigenvalue weighted by Crippen LogP contribution is -2.50. The third-order valence-electron chi connectivity index (χ3n) is 6.38. The fourth-order valence-electron chi connectivity index (χ4n) is 4.50. The van der Waals surface area contributed by atoms with Gasteiger partial charge in [-0.2, -0.15) is 4.31 Å². The molecular formula is C22H33N3O6S. The summed E-state index contributed by atoms with van der Waals surface area (Å²) < 4.78 is 44.1. The van der Waals surface area contributed by atoms with Gasteiger partial charge in [0.1, 0.15) is 10.6 Å². The lowest BCUT2D eigenvalue weighted by Gasteiger charge is -2.35. The van der Waals surface area contributed by atoms with Crippen LogP contribution in [0.1, 0.15) is 18.4 Å². The highest BCUT2D eigenvalue weighted by atomic mass is 32.2. The molecule has 1 atom stereocenters. The van der Waals surface area contributed by atoms with Gasteiger partial charge in [-0.05, 0) is 30.5 Å². The number of sulfonamides is 1. The van der Waals surface area contributed by atoms with Crippen molar-refractivity contribution < 1.29 is 27.4 Å². The van der Waals surface area contributed by atoms with E-state index in [9.17, 15) is 13.2 Å². The standard InChI is InChI=1S/C22H33N3O6S/c1-29-20-5-4-18(15-21(20)32(27,28)25-10-13-30-14-11-25)16-22(26)24-8-6-23(7-9-24)17-19-3-2-12-31-19/h4-5,15,19H,2-3,6-14,16-17H2,1H3. The first-order valence-corrected chi connectivity index (χ1v) is 12.8. The van der Waals surface area contributed by atoms with Crippen molar-refractivity contribution in [3.63, 3.8) is 0 Å². The summed E-state index contributed by atoms with van der Waals surface area (Å²) in [5, 5.41) is 0. The fraction of sp³-hybridized carbons (Fsp3) is 0.682. The van der Waals surface area contributed by atoms with E-state index in [1.54, 1.807) is 18.2 Å². The van der Waals surface area contributed by atoms with Crippen LogP contribution >= 0.6 is 0 Å². The summed E-state index contributed by atoms with van der Waals surface area (Å²) in [6.45, 7) is 6.20. The van der Waals surface area contributed by atoms with Gasteiger partial charge in [0.25, 0.3) is 0 Å². The molecule has 3 aliphatic heterocycles.